The zero-order valence-electron chi connectivity index (χ0n) is 16.0. The Balaban J connectivity index is 1.93. The summed E-state index contributed by atoms with van der Waals surface area (Å²) in [6.45, 7) is 6.75. The lowest BCUT2D eigenvalue weighted by atomic mass is 9.84. The maximum Gasteiger partial charge on any atom is 0.246 e. The number of carbonyl (C=O) groups excluding carboxylic acids is 1. The summed E-state index contributed by atoms with van der Waals surface area (Å²) in [4.78, 5) is 16.6. The van der Waals surface area contributed by atoms with Crippen LogP contribution in [0.4, 0.5) is 5.69 Å². The molecule has 150 valence electrons. The number of aliphatic hydroxyl groups excluding tert-OH is 1. The molecule has 1 aliphatic rings. The zero-order chi connectivity index (χ0) is 19.7. The van der Waals surface area contributed by atoms with Crippen molar-refractivity contribution in [1.29, 1.82) is 0 Å². The number of aliphatic hydroxyl groups is 1. The van der Waals surface area contributed by atoms with Crippen molar-refractivity contribution in [3.63, 3.8) is 0 Å². The van der Waals surface area contributed by atoms with Crippen LogP contribution in [0.1, 0.15) is 25.3 Å². The van der Waals surface area contributed by atoms with E-state index < -0.39 is 0 Å². The van der Waals surface area contributed by atoms with Crippen LogP contribution in [0, 0.1) is 12.3 Å². The first-order valence-corrected chi connectivity index (χ1v) is 10.0. The summed E-state index contributed by atoms with van der Waals surface area (Å²) < 4.78 is 6.42. The molecule has 1 amide bonds. The Morgan fingerprint density at radius 1 is 1.41 bits per heavy atom. The molecule has 0 bridgehead atoms. The highest BCUT2D eigenvalue weighted by atomic mass is 79.9. The second kappa shape index (κ2) is 10.6. The number of halogens is 1. The Labute approximate surface area is 169 Å². The topological polar surface area (TPSA) is 95.0 Å². The van der Waals surface area contributed by atoms with Gasteiger partial charge in [-0.1, -0.05) is 22.0 Å². The monoisotopic (exact) mass is 440 g/mol. The van der Waals surface area contributed by atoms with Crippen LogP contribution in [0.2, 0.25) is 0 Å². The Bertz CT molecular complexity index is 660. The minimum Gasteiger partial charge on any atom is -0.396 e. The van der Waals surface area contributed by atoms with Crippen LogP contribution >= 0.6 is 15.9 Å². The van der Waals surface area contributed by atoms with Crippen molar-refractivity contribution >= 4 is 33.5 Å². The number of anilines is 1. The summed E-state index contributed by atoms with van der Waals surface area (Å²) in [7, 11) is 0. The fourth-order valence-corrected chi connectivity index (χ4v) is 3.36. The number of aliphatic imine (C=N–C) groups is 1. The lowest BCUT2D eigenvalue weighted by molar-refractivity contribution is -0.114. The van der Waals surface area contributed by atoms with E-state index in [4.69, 9.17) is 4.74 Å². The molecule has 0 saturated carbocycles. The van der Waals surface area contributed by atoms with Gasteiger partial charge in [0.2, 0.25) is 5.91 Å². The number of nitrogens with one attached hydrogen (secondary N) is 3. The number of rotatable bonds is 8. The number of amides is 1. The molecule has 1 heterocycles. The Kier molecular flexibility index (Phi) is 8.53. The maximum atomic E-state index is 12.3. The maximum absolute atomic E-state index is 12.3. The lowest BCUT2D eigenvalue weighted by Gasteiger charge is -2.27. The first kappa shape index (κ1) is 21.7. The van der Waals surface area contributed by atoms with Crippen LogP contribution < -0.4 is 16.0 Å². The molecule has 1 unspecified atom stereocenters. The summed E-state index contributed by atoms with van der Waals surface area (Å²) in [5.74, 6) is 0.408. The molecule has 4 N–H and O–H groups in total. The molecule has 0 aliphatic carbocycles. The van der Waals surface area contributed by atoms with E-state index in [-0.39, 0.29) is 24.5 Å². The van der Waals surface area contributed by atoms with E-state index in [0.29, 0.717) is 38.7 Å². The SMILES string of the molecule is CCNC(=NCC(=O)Nc1cc(Br)ccc1C)NCC1(CCO)CCOC1. The van der Waals surface area contributed by atoms with E-state index in [9.17, 15) is 9.90 Å². The van der Waals surface area contributed by atoms with Crippen molar-refractivity contribution in [3.8, 4) is 0 Å². The molecule has 27 heavy (non-hydrogen) atoms. The van der Waals surface area contributed by atoms with E-state index in [0.717, 1.165) is 22.1 Å². The number of ether oxygens (including phenoxy) is 1. The first-order valence-electron chi connectivity index (χ1n) is 9.25. The van der Waals surface area contributed by atoms with Crippen LogP contribution in [-0.4, -0.2) is 56.4 Å². The highest BCUT2D eigenvalue weighted by Gasteiger charge is 2.34. The second-order valence-electron chi connectivity index (χ2n) is 6.83. The van der Waals surface area contributed by atoms with Gasteiger partial charge in [-0.15, -0.1) is 0 Å². The van der Waals surface area contributed by atoms with Crippen molar-refractivity contribution in [2.75, 3.05) is 44.8 Å². The molecule has 1 fully saturated rings. The number of guanidine groups is 1. The third-order valence-corrected chi connectivity index (χ3v) is 5.15. The summed E-state index contributed by atoms with van der Waals surface area (Å²) in [6.07, 6.45) is 1.59. The number of carbonyl (C=O) groups is 1. The zero-order valence-corrected chi connectivity index (χ0v) is 17.6. The summed E-state index contributed by atoms with van der Waals surface area (Å²) >= 11 is 3.41. The van der Waals surface area contributed by atoms with Gasteiger partial charge in [-0.25, -0.2) is 4.99 Å². The largest absolute Gasteiger partial charge is 0.396 e. The van der Waals surface area contributed by atoms with Crippen molar-refractivity contribution in [2.24, 2.45) is 10.4 Å². The number of hydrogen-bond acceptors (Lipinski definition) is 4. The highest BCUT2D eigenvalue weighted by molar-refractivity contribution is 9.10. The highest BCUT2D eigenvalue weighted by Crippen LogP contribution is 2.31. The minimum atomic E-state index is -0.178. The molecule has 1 aromatic rings. The molecule has 0 aromatic heterocycles. The molecule has 1 saturated heterocycles. The van der Waals surface area contributed by atoms with Crippen LogP contribution in [-0.2, 0) is 9.53 Å². The molecular formula is C19H29BrN4O3. The average molecular weight is 441 g/mol. The van der Waals surface area contributed by atoms with E-state index in [1.54, 1.807) is 0 Å². The third-order valence-electron chi connectivity index (χ3n) is 4.66. The van der Waals surface area contributed by atoms with Crippen molar-refractivity contribution < 1.29 is 14.6 Å². The number of hydrogen-bond donors (Lipinski definition) is 4. The van der Waals surface area contributed by atoms with Crippen molar-refractivity contribution in [2.45, 2.75) is 26.7 Å². The molecule has 8 heteroatoms. The van der Waals surface area contributed by atoms with Gasteiger partial charge in [-0.05, 0) is 44.4 Å². The molecule has 7 nitrogen and oxygen atoms in total. The fraction of sp³-hybridized carbons (Fsp3) is 0.579. The van der Waals surface area contributed by atoms with Gasteiger partial charge in [0, 0.05) is 41.9 Å². The molecule has 1 aromatic carbocycles. The van der Waals surface area contributed by atoms with Gasteiger partial charge in [0.25, 0.3) is 0 Å². The van der Waals surface area contributed by atoms with E-state index in [1.807, 2.05) is 32.0 Å². The van der Waals surface area contributed by atoms with Gasteiger partial charge in [0.1, 0.15) is 6.54 Å². The molecule has 0 spiro atoms. The van der Waals surface area contributed by atoms with Gasteiger partial charge in [-0.3, -0.25) is 4.79 Å². The van der Waals surface area contributed by atoms with Crippen molar-refractivity contribution in [3.05, 3.63) is 28.2 Å². The van der Waals surface area contributed by atoms with Crippen LogP contribution in [0.5, 0.6) is 0 Å². The molecule has 2 rings (SSSR count). The summed E-state index contributed by atoms with van der Waals surface area (Å²) in [5.41, 5.74) is 1.68. The van der Waals surface area contributed by atoms with Gasteiger partial charge in [0.15, 0.2) is 5.96 Å². The van der Waals surface area contributed by atoms with Crippen LogP contribution in [0.15, 0.2) is 27.7 Å². The normalized spacial score (nSPS) is 19.8. The van der Waals surface area contributed by atoms with Gasteiger partial charge in [-0.2, -0.15) is 0 Å². The quantitative estimate of drug-likeness (QED) is 0.366. The number of aryl methyl sites for hydroxylation is 1. The van der Waals surface area contributed by atoms with E-state index >= 15 is 0 Å². The van der Waals surface area contributed by atoms with Crippen LogP contribution in [0.3, 0.4) is 0 Å². The molecule has 1 atom stereocenters. The minimum absolute atomic E-state index is 0.0186. The summed E-state index contributed by atoms with van der Waals surface area (Å²) in [5, 5.41) is 18.7. The third kappa shape index (κ3) is 6.79. The Morgan fingerprint density at radius 2 is 2.22 bits per heavy atom. The lowest BCUT2D eigenvalue weighted by Crippen LogP contribution is -2.44. The van der Waals surface area contributed by atoms with Gasteiger partial charge < -0.3 is 25.8 Å². The Hall–Kier alpha value is -1.64. The van der Waals surface area contributed by atoms with Crippen LogP contribution in [0.25, 0.3) is 0 Å². The van der Waals surface area contributed by atoms with Gasteiger partial charge >= 0.3 is 0 Å². The average Bonchev–Trinajstić information content (AvgIpc) is 3.10. The smallest absolute Gasteiger partial charge is 0.246 e. The molecule has 1 aliphatic heterocycles. The fourth-order valence-electron chi connectivity index (χ4n) is 2.99. The molecular weight excluding hydrogens is 412 g/mol. The van der Waals surface area contributed by atoms with E-state index in [2.05, 4.69) is 36.9 Å². The second-order valence-corrected chi connectivity index (χ2v) is 7.75. The standard InChI is InChI=1S/C19H29BrN4O3/c1-3-21-18(23-12-19(6-8-25)7-9-27-13-19)22-11-17(26)24-16-10-15(20)5-4-14(16)2/h4-5,10,25H,3,6-9,11-13H2,1-2H3,(H,24,26)(H2,21,22,23). The van der Waals surface area contributed by atoms with Crippen molar-refractivity contribution in [1.82, 2.24) is 10.6 Å². The molecule has 0 radical (unpaired) electrons. The van der Waals surface area contributed by atoms with E-state index in [1.165, 1.54) is 0 Å². The number of benzene rings is 1. The first-order chi connectivity index (χ1) is 13.0. The predicted octanol–water partition coefficient (Wildman–Crippen LogP) is 2.04. The number of nitrogens with zero attached hydrogens (tertiary/aromatic N) is 1. The Morgan fingerprint density at radius 3 is 2.89 bits per heavy atom. The van der Waals surface area contributed by atoms with Gasteiger partial charge in [0.05, 0.1) is 6.61 Å². The summed E-state index contributed by atoms with van der Waals surface area (Å²) in [6, 6.07) is 5.75. The predicted molar refractivity (Wildman–Crippen MR) is 111 cm³/mol.